The van der Waals surface area contributed by atoms with Crippen LogP contribution in [-0.4, -0.2) is 31.4 Å². The highest BCUT2D eigenvalue weighted by Crippen LogP contribution is 2.17. The number of pyridine rings is 1. The van der Waals surface area contributed by atoms with Gasteiger partial charge in [-0.25, -0.2) is 9.67 Å². The molecule has 3 N–H and O–H groups in total. The molecule has 0 fully saturated rings. The second-order valence-corrected chi connectivity index (χ2v) is 6.21. The van der Waals surface area contributed by atoms with Crippen LogP contribution in [0.5, 0.6) is 0 Å². The van der Waals surface area contributed by atoms with Gasteiger partial charge in [-0.15, -0.1) is 5.10 Å². The summed E-state index contributed by atoms with van der Waals surface area (Å²) in [5.74, 6) is 1.16. The van der Waals surface area contributed by atoms with Crippen molar-refractivity contribution in [3.8, 4) is 5.69 Å². The van der Waals surface area contributed by atoms with Gasteiger partial charge < -0.3 is 15.7 Å². The first-order valence-corrected chi connectivity index (χ1v) is 8.95. The van der Waals surface area contributed by atoms with E-state index in [0.29, 0.717) is 18.3 Å². The number of hydrogen-bond acceptors (Lipinski definition) is 6. The van der Waals surface area contributed by atoms with Crippen LogP contribution >= 0.6 is 0 Å². The molecule has 7 nitrogen and oxygen atoms in total. The molecule has 1 unspecified atom stereocenters. The molecular weight excluding hydrogens is 352 g/mol. The summed E-state index contributed by atoms with van der Waals surface area (Å²) in [4.78, 5) is 8.60. The predicted octanol–water partition coefficient (Wildman–Crippen LogP) is 3.55. The SMILES string of the molecule is OC(CNc1cc(-n2cnc(Nc3ccccc3)n2)ccn1)c1ccccc1. The number of aliphatic hydroxyl groups is 1. The lowest BCUT2D eigenvalue weighted by molar-refractivity contribution is 0.191. The highest BCUT2D eigenvalue weighted by molar-refractivity contribution is 5.52. The monoisotopic (exact) mass is 372 g/mol. The van der Waals surface area contributed by atoms with Crippen molar-refractivity contribution in [3.63, 3.8) is 0 Å². The Labute approximate surface area is 162 Å². The Hall–Kier alpha value is -3.71. The number of anilines is 3. The topological polar surface area (TPSA) is 87.9 Å². The van der Waals surface area contributed by atoms with Crippen molar-refractivity contribution in [1.82, 2.24) is 19.7 Å². The van der Waals surface area contributed by atoms with Crippen LogP contribution in [0.2, 0.25) is 0 Å². The fourth-order valence-corrected chi connectivity index (χ4v) is 2.75. The summed E-state index contributed by atoms with van der Waals surface area (Å²) < 4.78 is 1.67. The van der Waals surface area contributed by atoms with Crippen molar-refractivity contribution >= 4 is 17.5 Å². The third kappa shape index (κ3) is 4.33. The molecule has 2 aromatic carbocycles. The van der Waals surface area contributed by atoms with E-state index in [1.807, 2.05) is 72.8 Å². The number of aliphatic hydroxyl groups excluding tert-OH is 1. The van der Waals surface area contributed by atoms with Gasteiger partial charge in [0.05, 0.1) is 11.8 Å². The molecule has 0 saturated heterocycles. The normalized spacial score (nSPS) is 11.8. The zero-order valence-electron chi connectivity index (χ0n) is 15.1. The van der Waals surface area contributed by atoms with Crippen molar-refractivity contribution in [1.29, 1.82) is 0 Å². The van der Waals surface area contributed by atoms with Crippen LogP contribution in [0.15, 0.2) is 85.3 Å². The molecule has 2 heterocycles. The number of rotatable bonds is 7. The third-order valence-corrected chi connectivity index (χ3v) is 4.19. The Morgan fingerprint density at radius 1 is 0.929 bits per heavy atom. The number of aromatic nitrogens is 4. The molecule has 0 amide bonds. The fraction of sp³-hybridized carbons (Fsp3) is 0.0952. The summed E-state index contributed by atoms with van der Waals surface area (Å²) in [7, 11) is 0. The Morgan fingerprint density at radius 2 is 1.68 bits per heavy atom. The number of benzene rings is 2. The minimum Gasteiger partial charge on any atom is -0.387 e. The number of para-hydroxylation sites is 1. The van der Waals surface area contributed by atoms with E-state index in [1.54, 1.807) is 17.2 Å². The van der Waals surface area contributed by atoms with Crippen LogP contribution in [0.4, 0.5) is 17.5 Å². The highest BCUT2D eigenvalue weighted by atomic mass is 16.3. The largest absolute Gasteiger partial charge is 0.387 e. The Morgan fingerprint density at radius 3 is 2.46 bits per heavy atom. The van der Waals surface area contributed by atoms with Crippen LogP contribution in [0.3, 0.4) is 0 Å². The fourth-order valence-electron chi connectivity index (χ4n) is 2.75. The molecule has 0 radical (unpaired) electrons. The van der Waals surface area contributed by atoms with Crippen LogP contribution in [0.1, 0.15) is 11.7 Å². The van der Waals surface area contributed by atoms with Gasteiger partial charge in [-0.1, -0.05) is 48.5 Å². The molecule has 7 heteroatoms. The maximum absolute atomic E-state index is 10.3. The maximum atomic E-state index is 10.3. The lowest BCUT2D eigenvalue weighted by atomic mass is 10.1. The van der Waals surface area contributed by atoms with Gasteiger partial charge in [-0.05, 0) is 23.8 Å². The van der Waals surface area contributed by atoms with Gasteiger partial charge in [0.15, 0.2) is 0 Å². The van der Waals surface area contributed by atoms with Gasteiger partial charge in [-0.2, -0.15) is 4.98 Å². The lowest BCUT2D eigenvalue weighted by Crippen LogP contribution is -2.13. The van der Waals surface area contributed by atoms with Crippen LogP contribution in [-0.2, 0) is 0 Å². The smallest absolute Gasteiger partial charge is 0.246 e. The van der Waals surface area contributed by atoms with Crippen molar-refractivity contribution in [2.24, 2.45) is 0 Å². The van der Waals surface area contributed by atoms with Crippen LogP contribution in [0.25, 0.3) is 5.69 Å². The summed E-state index contributed by atoms with van der Waals surface area (Å²) in [5, 5.41) is 21.1. The van der Waals surface area contributed by atoms with Crippen molar-refractivity contribution in [2.45, 2.75) is 6.10 Å². The van der Waals surface area contributed by atoms with Crippen molar-refractivity contribution in [3.05, 3.63) is 90.9 Å². The second-order valence-electron chi connectivity index (χ2n) is 6.21. The first kappa shape index (κ1) is 17.7. The predicted molar refractivity (Wildman–Crippen MR) is 109 cm³/mol. The molecular formula is C21H20N6O. The molecule has 0 bridgehead atoms. The Bertz CT molecular complexity index is 1020. The second kappa shape index (κ2) is 8.32. The molecule has 2 aromatic heterocycles. The molecule has 0 saturated carbocycles. The summed E-state index contributed by atoms with van der Waals surface area (Å²) in [6.07, 6.45) is 2.72. The average Bonchev–Trinajstić information content (AvgIpc) is 3.22. The zero-order chi connectivity index (χ0) is 19.2. The van der Waals surface area contributed by atoms with Crippen molar-refractivity contribution < 1.29 is 5.11 Å². The first-order valence-electron chi connectivity index (χ1n) is 8.95. The molecule has 0 aliphatic heterocycles. The minimum atomic E-state index is -0.611. The number of hydrogen-bond donors (Lipinski definition) is 3. The van der Waals surface area contributed by atoms with E-state index in [4.69, 9.17) is 0 Å². The van der Waals surface area contributed by atoms with Crippen molar-refractivity contribution in [2.75, 3.05) is 17.2 Å². The molecule has 28 heavy (non-hydrogen) atoms. The van der Waals surface area contributed by atoms with Gasteiger partial charge in [0.2, 0.25) is 5.95 Å². The molecule has 4 rings (SSSR count). The van der Waals surface area contributed by atoms with Crippen LogP contribution in [0, 0.1) is 0 Å². The summed E-state index contributed by atoms with van der Waals surface area (Å²) >= 11 is 0. The molecule has 0 aliphatic carbocycles. The summed E-state index contributed by atoms with van der Waals surface area (Å²) in [6.45, 7) is 0.360. The number of nitrogens with one attached hydrogen (secondary N) is 2. The maximum Gasteiger partial charge on any atom is 0.246 e. The van der Waals surface area contributed by atoms with Gasteiger partial charge in [-0.3, -0.25) is 0 Å². The number of nitrogens with zero attached hydrogens (tertiary/aromatic N) is 4. The van der Waals surface area contributed by atoms with E-state index in [1.165, 1.54) is 0 Å². The van der Waals surface area contributed by atoms with E-state index in [2.05, 4.69) is 25.7 Å². The van der Waals surface area contributed by atoms with Crippen LogP contribution < -0.4 is 10.6 Å². The van der Waals surface area contributed by atoms with Gasteiger partial charge >= 0.3 is 0 Å². The summed E-state index contributed by atoms with van der Waals surface area (Å²) in [5.41, 5.74) is 2.60. The minimum absolute atomic E-state index is 0.360. The zero-order valence-corrected chi connectivity index (χ0v) is 15.1. The summed E-state index contributed by atoms with van der Waals surface area (Å²) in [6, 6.07) is 23.0. The Balaban J connectivity index is 1.42. The van der Waals surface area contributed by atoms with E-state index in [-0.39, 0.29) is 0 Å². The van der Waals surface area contributed by atoms with E-state index < -0.39 is 6.10 Å². The van der Waals surface area contributed by atoms with Gasteiger partial charge in [0, 0.05) is 24.5 Å². The van der Waals surface area contributed by atoms with E-state index in [9.17, 15) is 5.11 Å². The van der Waals surface area contributed by atoms with E-state index >= 15 is 0 Å². The molecule has 1 atom stereocenters. The quantitative estimate of drug-likeness (QED) is 0.460. The standard InChI is InChI=1S/C21H20N6O/c28-19(16-7-3-1-4-8-16)14-23-20-13-18(11-12-22-20)27-15-24-21(26-27)25-17-9-5-2-6-10-17/h1-13,15,19,28H,14H2,(H,22,23)(H,25,26). The van der Waals surface area contributed by atoms with Gasteiger partial charge in [0.25, 0.3) is 0 Å². The van der Waals surface area contributed by atoms with E-state index in [0.717, 1.165) is 16.9 Å². The lowest BCUT2D eigenvalue weighted by Gasteiger charge is -2.13. The molecule has 4 aromatic rings. The third-order valence-electron chi connectivity index (χ3n) is 4.19. The molecule has 0 spiro atoms. The average molecular weight is 372 g/mol. The highest BCUT2D eigenvalue weighted by Gasteiger charge is 2.08. The molecule has 0 aliphatic rings. The molecule has 140 valence electrons. The van der Waals surface area contributed by atoms with Gasteiger partial charge in [0.1, 0.15) is 12.1 Å². The first-order chi connectivity index (χ1) is 13.8. The Kier molecular flexibility index (Phi) is 5.26.